The zero-order valence-electron chi connectivity index (χ0n) is 10.8. The number of benzene rings is 1. The number of hydrogen-bond acceptors (Lipinski definition) is 3. The van der Waals surface area contributed by atoms with E-state index in [-0.39, 0.29) is 23.8 Å². The second kappa shape index (κ2) is 6.14. The Balaban J connectivity index is 2.12. The molecule has 1 unspecified atom stereocenters. The van der Waals surface area contributed by atoms with Gasteiger partial charge in [0.1, 0.15) is 5.75 Å². The van der Waals surface area contributed by atoms with Crippen molar-refractivity contribution in [1.82, 2.24) is 5.32 Å². The lowest BCUT2D eigenvalue weighted by molar-refractivity contribution is -0.139. The van der Waals surface area contributed by atoms with Gasteiger partial charge in [0, 0.05) is 12.5 Å². The van der Waals surface area contributed by atoms with Crippen LogP contribution in [0.2, 0.25) is 0 Å². The molecule has 3 nitrogen and oxygen atoms in total. The number of ether oxygens (including phenoxy) is 1. The van der Waals surface area contributed by atoms with Crippen LogP contribution >= 0.6 is 0 Å². The first kappa shape index (κ1) is 14.7. The van der Waals surface area contributed by atoms with Crippen LogP contribution in [0.1, 0.15) is 24.0 Å². The molecule has 0 bridgehead atoms. The van der Waals surface area contributed by atoms with Crippen LogP contribution in [0.15, 0.2) is 18.2 Å². The van der Waals surface area contributed by atoms with Crippen molar-refractivity contribution in [3.05, 3.63) is 29.3 Å². The Labute approximate surface area is 115 Å². The number of alkyl halides is 3. The van der Waals surface area contributed by atoms with Crippen molar-refractivity contribution in [2.75, 3.05) is 19.7 Å². The Morgan fingerprint density at radius 1 is 1.40 bits per heavy atom. The first-order chi connectivity index (χ1) is 9.50. The number of halogens is 3. The standard InChI is InChI=1S/C14H15F3N2O/c15-14(16,17)12-6-10(7-18)3-4-13(12)20-9-11-2-1-5-19-8-11/h3-4,6,11,19H,1-2,5,8-9H2. The Morgan fingerprint density at radius 2 is 2.20 bits per heavy atom. The summed E-state index contributed by atoms with van der Waals surface area (Å²) in [6, 6.07) is 5.09. The molecule has 6 heteroatoms. The van der Waals surface area contributed by atoms with Crippen LogP contribution in [-0.4, -0.2) is 19.7 Å². The lowest BCUT2D eigenvalue weighted by Crippen LogP contribution is -2.33. The number of rotatable bonds is 3. The van der Waals surface area contributed by atoms with Gasteiger partial charge in [-0.25, -0.2) is 0 Å². The Bertz CT molecular complexity index is 502. The van der Waals surface area contributed by atoms with Crippen molar-refractivity contribution < 1.29 is 17.9 Å². The van der Waals surface area contributed by atoms with Gasteiger partial charge in [0.15, 0.2) is 0 Å². The van der Waals surface area contributed by atoms with Crippen LogP contribution in [-0.2, 0) is 6.18 Å². The van der Waals surface area contributed by atoms with Crippen molar-refractivity contribution in [2.45, 2.75) is 19.0 Å². The molecule has 1 N–H and O–H groups in total. The van der Waals surface area contributed by atoms with E-state index in [9.17, 15) is 13.2 Å². The SMILES string of the molecule is N#Cc1ccc(OCC2CCCNC2)c(C(F)(F)F)c1. The van der Waals surface area contributed by atoms with Gasteiger partial charge in [0.05, 0.1) is 23.8 Å². The molecule has 1 atom stereocenters. The molecule has 1 aromatic rings. The molecule has 1 fully saturated rings. The first-order valence-corrected chi connectivity index (χ1v) is 6.45. The molecule has 1 aliphatic rings. The Morgan fingerprint density at radius 3 is 2.80 bits per heavy atom. The third kappa shape index (κ3) is 3.64. The third-order valence-corrected chi connectivity index (χ3v) is 3.29. The van der Waals surface area contributed by atoms with Crippen molar-refractivity contribution in [1.29, 1.82) is 5.26 Å². The van der Waals surface area contributed by atoms with Gasteiger partial charge in [-0.2, -0.15) is 18.4 Å². The molecule has 1 aliphatic heterocycles. The predicted octanol–water partition coefficient (Wildman–Crippen LogP) is 2.96. The van der Waals surface area contributed by atoms with Crippen LogP contribution < -0.4 is 10.1 Å². The van der Waals surface area contributed by atoms with E-state index in [4.69, 9.17) is 10.00 Å². The molecule has 0 aromatic heterocycles. The van der Waals surface area contributed by atoms with Gasteiger partial charge >= 0.3 is 6.18 Å². The second-order valence-corrected chi connectivity index (χ2v) is 4.84. The summed E-state index contributed by atoms with van der Waals surface area (Å²) in [6.07, 6.45) is -2.56. The largest absolute Gasteiger partial charge is 0.493 e. The summed E-state index contributed by atoms with van der Waals surface area (Å²) < 4.78 is 44.1. The fraction of sp³-hybridized carbons (Fsp3) is 0.500. The van der Waals surface area contributed by atoms with Crippen molar-refractivity contribution in [3.8, 4) is 11.8 Å². The molecule has 0 aliphatic carbocycles. The van der Waals surface area contributed by atoms with E-state index in [1.807, 2.05) is 0 Å². The van der Waals surface area contributed by atoms with Crippen LogP contribution in [0.25, 0.3) is 0 Å². The summed E-state index contributed by atoms with van der Waals surface area (Å²) >= 11 is 0. The van der Waals surface area contributed by atoms with Crippen molar-refractivity contribution >= 4 is 0 Å². The van der Waals surface area contributed by atoms with Crippen molar-refractivity contribution in [3.63, 3.8) is 0 Å². The minimum absolute atomic E-state index is 0.0241. The average molecular weight is 284 g/mol. The van der Waals surface area contributed by atoms with Gasteiger partial charge in [0.25, 0.3) is 0 Å². The molecule has 2 rings (SSSR count). The molecule has 1 aromatic carbocycles. The molecule has 0 saturated carbocycles. The van der Waals surface area contributed by atoms with Gasteiger partial charge in [-0.3, -0.25) is 0 Å². The number of nitrogens with zero attached hydrogens (tertiary/aromatic N) is 1. The minimum atomic E-state index is -4.52. The fourth-order valence-electron chi connectivity index (χ4n) is 2.22. The Kier molecular flexibility index (Phi) is 4.50. The van der Waals surface area contributed by atoms with Gasteiger partial charge in [-0.15, -0.1) is 0 Å². The lowest BCUT2D eigenvalue weighted by Gasteiger charge is -2.23. The summed E-state index contributed by atoms with van der Waals surface area (Å²) in [7, 11) is 0. The van der Waals surface area contributed by atoms with E-state index in [0.717, 1.165) is 32.0 Å². The molecule has 1 saturated heterocycles. The first-order valence-electron chi connectivity index (χ1n) is 6.45. The smallest absolute Gasteiger partial charge is 0.420 e. The van der Waals surface area contributed by atoms with Crippen LogP contribution in [0.3, 0.4) is 0 Å². The summed E-state index contributed by atoms with van der Waals surface area (Å²) in [5.74, 6) is 0.0163. The fourth-order valence-corrected chi connectivity index (χ4v) is 2.22. The highest BCUT2D eigenvalue weighted by Gasteiger charge is 2.35. The summed E-state index contributed by atoms with van der Waals surface area (Å²) in [6.45, 7) is 1.96. The number of piperidine rings is 1. The maximum atomic E-state index is 12.9. The normalized spacial score (nSPS) is 19.4. The summed E-state index contributed by atoms with van der Waals surface area (Å²) in [5.41, 5.74) is -0.913. The van der Waals surface area contributed by atoms with Crippen LogP contribution in [0.5, 0.6) is 5.75 Å². The topological polar surface area (TPSA) is 45.0 Å². The highest BCUT2D eigenvalue weighted by Crippen LogP contribution is 2.37. The van der Waals surface area contributed by atoms with Gasteiger partial charge in [-0.1, -0.05) is 0 Å². The second-order valence-electron chi connectivity index (χ2n) is 4.84. The maximum absolute atomic E-state index is 12.9. The highest BCUT2D eigenvalue weighted by molar-refractivity contribution is 5.43. The Hall–Kier alpha value is -1.74. The molecular weight excluding hydrogens is 269 g/mol. The van der Waals surface area contributed by atoms with Gasteiger partial charge in [-0.05, 0) is 37.6 Å². The average Bonchev–Trinajstić information content (AvgIpc) is 2.45. The minimum Gasteiger partial charge on any atom is -0.493 e. The summed E-state index contributed by atoms with van der Waals surface area (Å²) in [4.78, 5) is 0. The molecule has 108 valence electrons. The molecule has 0 radical (unpaired) electrons. The zero-order chi connectivity index (χ0) is 14.6. The maximum Gasteiger partial charge on any atom is 0.420 e. The van der Waals surface area contributed by atoms with Crippen LogP contribution in [0, 0.1) is 17.2 Å². The lowest BCUT2D eigenvalue weighted by atomic mass is 10.0. The van der Waals surface area contributed by atoms with E-state index < -0.39 is 11.7 Å². The molecule has 20 heavy (non-hydrogen) atoms. The quantitative estimate of drug-likeness (QED) is 0.928. The van der Waals surface area contributed by atoms with Gasteiger partial charge in [0.2, 0.25) is 0 Å². The number of nitrogens with one attached hydrogen (secondary N) is 1. The van der Waals surface area contributed by atoms with Crippen molar-refractivity contribution in [2.24, 2.45) is 5.92 Å². The molecule has 0 spiro atoms. The van der Waals surface area contributed by atoms with E-state index in [1.165, 1.54) is 12.1 Å². The predicted molar refractivity (Wildman–Crippen MR) is 67.2 cm³/mol. The monoisotopic (exact) mass is 284 g/mol. The zero-order valence-corrected chi connectivity index (χ0v) is 10.8. The molecular formula is C14H15F3N2O. The highest BCUT2D eigenvalue weighted by atomic mass is 19.4. The van der Waals surface area contributed by atoms with E-state index >= 15 is 0 Å². The number of nitriles is 1. The van der Waals surface area contributed by atoms with E-state index in [2.05, 4.69) is 5.32 Å². The van der Waals surface area contributed by atoms with E-state index in [1.54, 1.807) is 6.07 Å². The number of hydrogen-bond donors (Lipinski definition) is 1. The summed E-state index contributed by atoms with van der Waals surface area (Å²) in [5, 5.41) is 11.9. The van der Waals surface area contributed by atoms with E-state index in [0.29, 0.717) is 0 Å². The third-order valence-electron chi connectivity index (χ3n) is 3.29. The molecule has 0 amide bonds. The van der Waals surface area contributed by atoms with Crippen LogP contribution in [0.4, 0.5) is 13.2 Å². The molecule has 1 heterocycles. The van der Waals surface area contributed by atoms with Gasteiger partial charge < -0.3 is 10.1 Å².